The second-order valence-corrected chi connectivity index (χ2v) is 8.12. The van der Waals surface area contributed by atoms with Gasteiger partial charge in [-0.15, -0.1) is 0 Å². The quantitative estimate of drug-likeness (QED) is 0.534. The number of benzene rings is 1. The van der Waals surface area contributed by atoms with Crippen molar-refractivity contribution in [2.24, 2.45) is 0 Å². The predicted molar refractivity (Wildman–Crippen MR) is 97.3 cm³/mol. The van der Waals surface area contributed by atoms with E-state index in [-0.39, 0.29) is 5.65 Å². The largest absolute Gasteiger partial charge is 0.354 e. The monoisotopic (exact) mass is 372 g/mol. The van der Waals surface area contributed by atoms with Crippen LogP contribution in [0.25, 0.3) is 28.0 Å². The second kappa shape index (κ2) is 5.28. The van der Waals surface area contributed by atoms with Crippen molar-refractivity contribution in [3.05, 3.63) is 51.6 Å². The molecule has 26 heavy (non-hydrogen) atoms. The van der Waals surface area contributed by atoms with Gasteiger partial charge in [-0.25, -0.2) is 18.2 Å². The molecule has 0 saturated carbocycles. The fourth-order valence-electron chi connectivity index (χ4n) is 3.20. The van der Waals surface area contributed by atoms with Gasteiger partial charge in [-0.3, -0.25) is 4.57 Å². The summed E-state index contributed by atoms with van der Waals surface area (Å²) in [6.07, 6.45) is 0.984. The average Bonchev–Trinajstić information content (AvgIpc) is 3.06. The van der Waals surface area contributed by atoms with Crippen molar-refractivity contribution in [2.45, 2.75) is 20.8 Å². The molecule has 3 heterocycles. The lowest BCUT2D eigenvalue weighted by atomic mass is 10.1. The van der Waals surface area contributed by atoms with Crippen molar-refractivity contribution < 1.29 is 12.9 Å². The molecular formula is C17H16N4O4S. The topological polar surface area (TPSA) is 100.0 Å². The van der Waals surface area contributed by atoms with Gasteiger partial charge in [0.1, 0.15) is 16.7 Å². The Morgan fingerprint density at radius 2 is 1.81 bits per heavy atom. The van der Waals surface area contributed by atoms with Gasteiger partial charge in [-0.2, -0.15) is 3.97 Å². The summed E-state index contributed by atoms with van der Waals surface area (Å²) in [5.74, 6) is 0. The SMILES string of the molecule is Cc1ccccc1-n1c(=O)n(S(C)(=O)=O)c2nc3c(C)noc3c(C)c21. The third-order valence-electron chi connectivity index (χ3n) is 4.43. The van der Waals surface area contributed by atoms with Gasteiger partial charge in [0.05, 0.1) is 11.9 Å². The van der Waals surface area contributed by atoms with Crippen LogP contribution in [0.1, 0.15) is 16.8 Å². The highest BCUT2D eigenvalue weighted by Gasteiger charge is 2.26. The number of aromatic nitrogens is 4. The number of hydrogen-bond acceptors (Lipinski definition) is 6. The first kappa shape index (κ1) is 16.5. The molecule has 8 nitrogen and oxygen atoms in total. The van der Waals surface area contributed by atoms with Crippen LogP contribution in [0, 0.1) is 20.8 Å². The van der Waals surface area contributed by atoms with Crippen molar-refractivity contribution in [3.8, 4) is 5.69 Å². The molecule has 0 bridgehead atoms. The Morgan fingerprint density at radius 1 is 1.12 bits per heavy atom. The summed E-state index contributed by atoms with van der Waals surface area (Å²) in [6.45, 7) is 5.33. The Bertz CT molecular complexity index is 1360. The van der Waals surface area contributed by atoms with Gasteiger partial charge in [-0.1, -0.05) is 23.4 Å². The first-order valence-electron chi connectivity index (χ1n) is 7.88. The van der Waals surface area contributed by atoms with Crippen LogP contribution in [0.5, 0.6) is 0 Å². The number of para-hydroxylation sites is 1. The summed E-state index contributed by atoms with van der Waals surface area (Å²) in [4.78, 5) is 17.5. The van der Waals surface area contributed by atoms with E-state index < -0.39 is 15.7 Å². The van der Waals surface area contributed by atoms with Gasteiger partial charge in [0.25, 0.3) is 0 Å². The van der Waals surface area contributed by atoms with Gasteiger partial charge in [0.2, 0.25) is 10.0 Å². The molecule has 0 N–H and O–H groups in total. The van der Waals surface area contributed by atoms with Gasteiger partial charge in [0.15, 0.2) is 11.2 Å². The normalized spacial score (nSPS) is 12.3. The Morgan fingerprint density at radius 3 is 2.46 bits per heavy atom. The molecule has 0 unspecified atom stereocenters. The molecule has 4 aromatic rings. The van der Waals surface area contributed by atoms with Gasteiger partial charge in [0, 0.05) is 5.56 Å². The number of pyridine rings is 1. The maximum Gasteiger partial charge on any atom is 0.349 e. The predicted octanol–water partition coefficient (Wildman–Crippen LogP) is 2.06. The van der Waals surface area contributed by atoms with E-state index in [9.17, 15) is 13.2 Å². The molecule has 0 spiro atoms. The summed E-state index contributed by atoms with van der Waals surface area (Å²) >= 11 is 0. The van der Waals surface area contributed by atoms with E-state index in [0.29, 0.717) is 33.6 Å². The van der Waals surface area contributed by atoms with Gasteiger partial charge in [-0.05, 0) is 32.4 Å². The first-order valence-corrected chi connectivity index (χ1v) is 9.73. The van der Waals surface area contributed by atoms with E-state index in [1.807, 2.05) is 19.1 Å². The highest BCUT2D eigenvalue weighted by Crippen LogP contribution is 2.29. The molecule has 0 aliphatic heterocycles. The average molecular weight is 372 g/mol. The van der Waals surface area contributed by atoms with Gasteiger partial charge < -0.3 is 4.52 Å². The Balaban J connectivity index is 2.34. The summed E-state index contributed by atoms with van der Waals surface area (Å²) in [5.41, 5.74) is 3.19. The van der Waals surface area contributed by atoms with Crippen LogP contribution in [0.15, 0.2) is 33.6 Å². The maximum atomic E-state index is 13.1. The molecule has 1 aromatic carbocycles. The van der Waals surface area contributed by atoms with Crippen molar-refractivity contribution in [1.82, 2.24) is 18.7 Å². The molecule has 0 saturated heterocycles. The van der Waals surface area contributed by atoms with E-state index in [1.165, 1.54) is 4.57 Å². The number of hydrogen-bond donors (Lipinski definition) is 0. The van der Waals surface area contributed by atoms with Crippen molar-refractivity contribution in [2.75, 3.05) is 6.26 Å². The lowest BCUT2D eigenvalue weighted by Crippen LogP contribution is -2.28. The molecule has 0 amide bonds. The lowest BCUT2D eigenvalue weighted by Gasteiger charge is -2.08. The number of fused-ring (bicyclic) bond motifs is 2. The molecule has 4 rings (SSSR count). The number of aryl methyl sites for hydroxylation is 3. The molecule has 0 aliphatic rings. The minimum absolute atomic E-state index is 0.0667. The molecule has 3 aromatic heterocycles. The smallest absolute Gasteiger partial charge is 0.349 e. The molecule has 9 heteroatoms. The van der Waals surface area contributed by atoms with Crippen LogP contribution in [-0.2, 0) is 10.0 Å². The Hall–Kier alpha value is -2.94. The van der Waals surface area contributed by atoms with Crippen molar-refractivity contribution in [1.29, 1.82) is 0 Å². The van der Waals surface area contributed by atoms with Crippen LogP contribution < -0.4 is 5.69 Å². The van der Waals surface area contributed by atoms with Crippen LogP contribution in [0.2, 0.25) is 0 Å². The fourth-order valence-corrected chi connectivity index (χ4v) is 4.01. The number of rotatable bonds is 2. The molecular weight excluding hydrogens is 356 g/mol. The molecule has 134 valence electrons. The zero-order valence-electron chi connectivity index (χ0n) is 14.6. The second-order valence-electron chi connectivity index (χ2n) is 6.29. The van der Waals surface area contributed by atoms with E-state index in [2.05, 4.69) is 10.1 Å². The van der Waals surface area contributed by atoms with E-state index >= 15 is 0 Å². The van der Waals surface area contributed by atoms with Crippen LogP contribution >= 0.6 is 0 Å². The zero-order chi connectivity index (χ0) is 18.8. The van der Waals surface area contributed by atoms with E-state index in [4.69, 9.17) is 4.52 Å². The number of imidazole rings is 1. The highest BCUT2D eigenvalue weighted by atomic mass is 32.2. The van der Waals surface area contributed by atoms with Crippen molar-refractivity contribution in [3.63, 3.8) is 0 Å². The summed E-state index contributed by atoms with van der Waals surface area (Å²) in [6, 6.07) is 7.25. The standard InChI is InChI=1S/C17H16N4O4S/c1-9-7-5-6-8-12(9)20-14-10(2)15-13(11(3)19-25-15)18-16(14)21(17(20)22)26(4,23)24/h5-8H,1-4H3. The minimum atomic E-state index is -3.87. The van der Waals surface area contributed by atoms with Crippen LogP contribution in [0.4, 0.5) is 0 Å². The third kappa shape index (κ3) is 2.13. The summed E-state index contributed by atoms with van der Waals surface area (Å²) < 4.78 is 32.1. The van der Waals surface area contributed by atoms with E-state index in [1.54, 1.807) is 26.0 Å². The zero-order valence-corrected chi connectivity index (χ0v) is 15.5. The summed E-state index contributed by atoms with van der Waals surface area (Å²) in [5, 5.41) is 3.91. The molecule has 0 fully saturated rings. The first-order chi connectivity index (χ1) is 12.2. The van der Waals surface area contributed by atoms with Crippen LogP contribution in [0.3, 0.4) is 0 Å². The third-order valence-corrected chi connectivity index (χ3v) is 5.42. The minimum Gasteiger partial charge on any atom is -0.354 e. The molecule has 0 atom stereocenters. The summed E-state index contributed by atoms with van der Waals surface area (Å²) in [7, 11) is -3.87. The number of nitrogens with zero attached hydrogens (tertiary/aromatic N) is 4. The maximum absolute atomic E-state index is 13.1. The van der Waals surface area contributed by atoms with E-state index in [0.717, 1.165) is 15.8 Å². The Kier molecular flexibility index (Phi) is 3.35. The lowest BCUT2D eigenvalue weighted by molar-refractivity contribution is 0.449. The van der Waals surface area contributed by atoms with Gasteiger partial charge >= 0.3 is 5.69 Å². The highest BCUT2D eigenvalue weighted by molar-refractivity contribution is 7.89. The van der Waals surface area contributed by atoms with Crippen molar-refractivity contribution >= 4 is 32.3 Å². The molecule has 0 radical (unpaired) electrons. The Labute approximate surface area is 148 Å². The fraction of sp³-hybridized carbons (Fsp3) is 0.235. The molecule has 0 aliphatic carbocycles. The van der Waals surface area contributed by atoms with Crippen LogP contribution in [-0.4, -0.2) is 33.4 Å².